The van der Waals surface area contributed by atoms with Gasteiger partial charge in [-0.15, -0.1) is 0 Å². The third-order valence-corrected chi connectivity index (χ3v) is 2.50. The molecule has 19 heavy (non-hydrogen) atoms. The van der Waals surface area contributed by atoms with Crippen molar-refractivity contribution in [2.24, 2.45) is 0 Å². The van der Waals surface area contributed by atoms with Crippen LogP contribution in [0.3, 0.4) is 0 Å². The summed E-state index contributed by atoms with van der Waals surface area (Å²) in [5, 5.41) is 3.09. The summed E-state index contributed by atoms with van der Waals surface area (Å²) in [4.78, 5) is 15.6. The van der Waals surface area contributed by atoms with Gasteiger partial charge in [-0.3, -0.25) is 0 Å². The number of hydrogen-bond donors (Lipinski definition) is 2. The number of esters is 1. The molecular weight excluding hydrogens is 246 g/mol. The molecule has 1 aromatic rings. The Balaban J connectivity index is 2.48. The van der Waals surface area contributed by atoms with Crippen molar-refractivity contribution in [1.82, 2.24) is 4.98 Å². The van der Waals surface area contributed by atoms with Crippen LogP contribution in [0, 0.1) is 0 Å². The van der Waals surface area contributed by atoms with E-state index < -0.39 is 5.97 Å². The van der Waals surface area contributed by atoms with Gasteiger partial charge in [0, 0.05) is 26.0 Å². The number of nitrogens with zero attached hydrogens (tertiary/aromatic N) is 1. The van der Waals surface area contributed by atoms with Crippen molar-refractivity contribution >= 4 is 17.5 Å². The molecule has 1 aromatic heterocycles. The number of hydrogen-bond acceptors (Lipinski definition) is 6. The van der Waals surface area contributed by atoms with Gasteiger partial charge in [-0.25, -0.2) is 9.78 Å². The van der Waals surface area contributed by atoms with E-state index in [4.69, 9.17) is 10.5 Å². The molecule has 0 saturated heterocycles. The van der Waals surface area contributed by atoms with E-state index in [2.05, 4.69) is 22.0 Å². The second kappa shape index (κ2) is 8.31. The third-order valence-electron chi connectivity index (χ3n) is 2.50. The van der Waals surface area contributed by atoms with Crippen LogP contribution in [0.25, 0.3) is 0 Å². The van der Waals surface area contributed by atoms with Crippen LogP contribution >= 0.6 is 0 Å². The molecule has 0 radical (unpaired) electrons. The first-order valence-corrected chi connectivity index (χ1v) is 6.35. The summed E-state index contributed by atoms with van der Waals surface area (Å²) in [5.41, 5.74) is 6.50. The van der Waals surface area contributed by atoms with Crippen LogP contribution < -0.4 is 11.1 Å². The number of aromatic nitrogens is 1. The fraction of sp³-hybridized carbons (Fsp3) is 0.538. The fourth-order valence-electron chi connectivity index (χ4n) is 1.53. The molecule has 0 spiro atoms. The minimum Gasteiger partial charge on any atom is -0.465 e. The molecule has 6 heteroatoms. The number of anilines is 2. The van der Waals surface area contributed by atoms with E-state index in [0.717, 1.165) is 19.4 Å². The average molecular weight is 267 g/mol. The zero-order chi connectivity index (χ0) is 14.1. The lowest BCUT2D eigenvalue weighted by Crippen LogP contribution is -2.12. The predicted molar refractivity (Wildman–Crippen MR) is 74.2 cm³/mol. The molecular formula is C13H21N3O3. The van der Waals surface area contributed by atoms with Gasteiger partial charge in [0.1, 0.15) is 5.82 Å². The number of carbonyl (C=O) groups is 1. The van der Waals surface area contributed by atoms with Crippen molar-refractivity contribution in [3.05, 3.63) is 17.8 Å². The highest BCUT2D eigenvalue weighted by Crippen LogP contribution is 2.20. The fourth-order valence-corrected chi connectivity index (χ4v) is 1.53. The maximum absolute atomic E-state index is 11.5. The molecule has 0 aliphatic heterocycles. The molecule has 0 unspecified atom stereocenters. The maximum Gasteiger partial charge on any atom is 0.340 e. The Morgan fingerprint density at radius 1 is 1.47 bits per heavy atom. The number of nitrogens with one attached hydrogen (secondary N) is 1. The zero-order valence-electron chi connectivity index (χ0n) is 11.4. The van der Waals surface area contributed by atoms with Crippen LogP contribution in [0.5, 0.6) is 0 Å². The molecule has 0 aliphatic carbocycles. The van der Waals surface area contributed by atoms with Gasteiger partial charge in [0.15, 0.2) is 0 Å². The summed E-state index contributed by atoms with van der Waals surface area (Å²) in [5.74, 6) is 0.0348. The molecule has 0 saturated carbocycles. The Bertz CT molecular complexity index is 410. The predicted octanol–water partition coefficient (Wildman–Crippen LogP) is 1.68. The average Bonchev–Trinajstić information content (AvgIpc) is 2.43. The maximum atomic E-state index is 11.5. The van der Waals surface area contributed by atoms with Gasteiger partial charge in [-0.05, 0) is 18.9 Å². The van der Waals surface area contributed by atoms with Crippen LogP contribution in [-0.2, 0) is 9.47 Å². The summed E-state index contributed by atoms with van der Waals surface area (Å²) >= 11 is 0. The first-order chi connectivity index (χ1) is 9.20. The first-order valence-electron chi connectivity index (χ1n) is 6.35. The van der Waals surface area contributed by atoms with Gasteiger partial charge in [-0.1, -0.05) is 6.92 Å². The molecule has 0 aromatic carbocycles. The highest BCUT2D eigenvalue weighted by Gasteiger charge is 2.13. The van der Waals surface area contributed by atoms with E-state index >= 15 is 0 Å². The van der Waals surface area contributed by atoms with E-state index in [1.807, 2.05) is 0 Å². The van der Waals surface area contributed by atoms with Gasteiger partial charge >= 0.3 is 5.97 Å². The summed E-state index contributed by atoms with van der Waals surface area (Å²) < 4.78 is 10.0. The summed E-state index contributed by atoms with van der Waals surface area (Å²) in [6.07, 6.45) is 3.39. The second-order valence-corrected chi connectivity index (χ2v) is 4.01. The monoisotopic (exact) mass is 267 g/mol. The van der Waals surface area contributed by atoms with E-state index in [0.29, 0.717) is 30.2 Å². The van der Waals surface area contributed by atoms with Gasteiger partial charge in [0.25, 0.3) is 0 Å². The smallest absolute Gasteiger partial charge is 0.340 e. The summed E-state index contributed by atoms with van der Waals surface area (Å²) in [6, 6.07) is 1.54. The Hall–Kier alpha value is -1.82. The summed E-state index contributed by atoms with van der Waals surface area (Å²) in [7, 11) is 1.32. The topological polar surface area (TPSA) is 86.5 Å². The minimum atomic E-state index is -0.464. The normalized spacial score (nSPS) is 10.2. The van der Waals surface area contributed by atoms with Crippen LogP contribution in [0.15, 0.2) is 12.3 Å². The largest absolute Gasteiger partial charge is 0.465 e. The number of carbonyl (C=O) groups excluding carboxylic acids is 1. The van der Waals surface area contributed by atoms with Crippen molar-refractivity contribution in [2.45, 2.75) is 19.8 Å². The molecule has 0 amide bonds. The van der Waals surface area contributed by atoms with Crippen molar-refractivity contribution in [2.75, 3.05) is 37.9 Å². The standard InChI is InChI=1S/C13H21N3O3/c1-3-8-19-9-4-6-15-12-11(14)10(5-7-16-12)13(17)18-2/h5,7H,3-4,6,8-9,14H2,1-2H3,(H,15,16). The molecule has 1 rings (SSSR count). The quantitative estimate of drug-likeness (QED) is 0.550. The van der Waals surface area contributed by atoms with Crippen molar-refractivity contribution < 1.29 is 14.3 Å². The number of nitrogen functional groups attached to an aromatic ring is 1. The van der Waals surface area contributed by atoms with Gasteiger partial charge in [0.2, 0.25) is 0 Å². The number of ether oxygens (including phenoxy) is 2. The number of pyridine rings is 1. The van der Waals surface area contributed by atoms with Gasteiger partial charge in [-0.2, -0.15) is 0 Å². The van der Waals surface area contributed by atoms with Crippen molar-refractivity contribution in [1.29, 1.82) is 0 Å². The molecule has 0 atom stereocenters. The lowest BCUT2D eigenvalue weighted by Gasteiger charge is -2.10. The zero-order valence-corrected chi connectivity index (χ0v) is 11.4. The molecule has 0 bridgehead atoms. The highest BCUT2D eigenvalue weighted by molar-refractivity contribution is 5.97. The number of nitrogens with two attached hydrogens (primary N) is 1. The van der Waals surface area contributed by atoms with Crippen LogP contribution in [0.2, 0.25) is 0 Å². The van der Waals surface area contributed by atoms with E-state index in [1.54, 1.807) is 0 Å². The Morgan fingerprint density at radius 2 is 2.26 bits per heavy atom. The lowest BCUT2D eigenvalue weighted by atomic mass is 10.2. The first kappa shape index (κ1) is 15.2. The Labute approximate surface area is 113 Å². The number of methoxy groups -OCH3 is 1. The highest BCUT2D eigenvalue weighted by atomic mass is 16.5. The van der Waals surface area contributed by atoms with Crippen LogP contribution in [-0.4, -0.2) is 37.8 Å². The molecule has 0 aliphatic rings. The Kier molecular flexibility index (Phi) is 6.67. The van der Waals surface area contributed by atoms with Crippen molar-refractivity contribution in [3.63, 3.8) is 0 Å². The van der Waals surface area contributed by atoms with Crippen molar-refractivity contribution in [3.8, 4) is 0 Å². The second-order valence-electron chi connectivity index (χ2n) is 4.01. The van der Waals surface area contributed by atoms with Gasteiger partial charge < -0.3 is 20.5 Å². The van der Waals surface area contributed by atoms with E-state index in [-0.39, 0.29) is 0 Å². The minimum absolute atomic E-state index is 0.309. The Morgan fingerprint density at radius 3 is 2.95 bits per heavy atom. The molecule has 0 fully saturated rings. The number of rotatable bonds is 8. The molecule has 1 heterocycles. The van der Waals surface area contributed by atoms with E-state index in [1.165, 1.54) is 19.4 Å². The molecule has 3 N–H and O–H groups in total. The summed E-state index contributed by atoms with van der Waals surface area (Å²) in [6.45, 7) is 4.22. The SMILES string of the molecule is CCCOCCCNc1nccc(C(=O)OC)c1N. The van der Waals surface area contributed by atoms with Gasteiger partial charge in [0.05, 0.1) is 18.4 Å². The molecule has 6 nitrogen and oxygen atoms in total. The molecule has 106 valence electrons. The van der Waals surface area contributed by atoms with Crippen LogP contribution in [0.1, 0.15) is 30.1 Å². The lowest BCUT2D eigenvalue weighted by molar-refractivity contribution is 0.0602. The van der Waals surface area contributed by atoms with Crippen LogP contribution in [0.4, 0.5) is 11.5 Å². The third kappa shape index (κ3) is 4.75. The van der Waals surface area contributed by atoms with E-state index in [9.17, 15) is 4.79 Å².